The minimum atomic E-state index is -0.844. The summed E-state index contributed by atoms with van der Waals surface area (Å²) in [5, 5.41) is 20.2. The molecule has 1 aliphatic rings. The lowest BCUT2D eigenvalue weighted by molar-refractivity contribution is 0.387. The summed E-state index contributed by atoms with van der Waals surface area (Å²) < 4.78 is 16.7. The highest BCUT2D eigenvalue weighted by atomic mass is 16.5. The smallest absolute Gasteiger partial charge is 0.344 e. The zero-order chi connectivity index (χ0) is 23.1. The number of fused-ring (bicyclic) bond motifs is 3. The number of nitrogens with zero attached hydrogens (tertiary/aromatic N) is 2. The van der Waals surface area contributed by atoms with Crippen LogP contribution in [-0.2, 0) is 0 Å². The second kappa shape index (κ2) is 7.73. The number of ether oxygens (including phenoxy) is 2. The van der Waals surface area contributed by atoms with E-state index in [2.05, 4.69) is 11.1 Å². The lowest BCUT2D eigenvalue weighted by Crippen LogP contribution is -2.26. The van der Waals surface area contributed by atoms with Gasteiger partial charge in [0.05, 0.1) is 24.0 Å². The van der Waals surface area contributed by atoms with Crippen LogP contribution in [0.3, 0.4) is 0 Å². The predicted octanol–water partition coefficient (Wildman–Crippen LogP) is 3.79. The first-order chi connectivity index (χ1) is 16.0. The first-order valence-corrected chi connectivity index (χ1v) is 9.97. The molecule has 5 rings (SSSR count). The summed E-state index contributed by atoms with van der Waals surface area (Å²) >= 11 is 0. The Balaban J connectivity index is 1.81. The molecule has 1 aliphatic heterocycles. The van der Waals surface area contributed by atoms with E-state index in [0.29, 0.717) is 16.7 Å². The number of nitriles is 1. The van der Waals surface area contributed by atoms with Crippen molar-refractivity contribution in [1.29, 1.82) is 5.26 Å². The number of phenolic OH excluding ortho intramolecular Hbond substituents is 1. The van der Waals surface area contributed by atoms with Gasteiger partial charge in [0.15, 0.2) is 5.75 Å². The zero-order valence-corrected chi connectivity index (χ0v) is 17.4. The van der Waals surface area contributed by atoms with Crippen molar-refractivity contribution in [3.8, 4) is 34.4 Å². The largest absolute Gasteiger partial charge is 0.508 e. The maximum absolute atomic E-state index is 13.1. The summed E-state index contributed by atoms with van der Waals surface area (Å²) in [7, 11) is 1.56. The van der Waals surface area contributed by atoms with Crippen molar-refractivity contribution in [1.82, 2.24) is 4.98 Å². The van der Waals surface area contributed by atoms with E-state index in [-0.39, 0.29) is 34.1 Å². The number of hydrogen-bond acceptors (Lipinski definition) is 8. The maximum Gasteiger partial charge on any atom is 0.344 e. The van der Waals surface area contributed by atoms with Gasteiger partial charge in [0.25, 0.3) is 0 Å². The molecule has 1 atom stereocenters. The van der Waals surface area contributed by atoms with Gasteiger partial charge in [-0.05, 0) is 42.0 Å². The minimum absolute atomic E-state index is 0.0318. The summed E-state index contributed by atoms with van der Waals surface area (Å²) in [5.74, 6) is -0.245. The molecule has 8 heteroatoms. The van der Waals surface area contributed by atoms with Gasteiger partial charge in [0.1, 0.15) is 28.7 Å². The fourth-order valence-electron chi connectivity index (χ4n) is 4.09. The highest BCUT2D eigenvalue weighted by Gasteiger charge is 2.36. The molecule has 0 radical (unpaired) electrons. The summed E-state index contributed by atoms with van der Waals surface area (Å²) in [6, 6.07) is 15.4. The Morgan fingerprint density at radius 2 is 2.06 bits per heavy atom. The molecule has 0 saturated heterocycles. The quantitative estimate of drug-likeness (QED) is 0.461. The second-order valence-corrected chi connectivity index (χ2v) is 7.44. The average molecular weight is 439 g/mol. The van der Waals surface area contributed by atoms with Gasteiger partial charge in [-0.25, -0.2) is 4.79 Å². The van der Waals surface area contributed by atoms with Crippen LogP contribution in [0.1, 0.15) is 17.0 Å². The van der Waals surface area contributed by atoms with E-state index in [1.54, 1.807) is 37.7 Å². The predicted molar refractivity (Wildman–Crippen MR) is 120 cm³/mol. The fourth-order valence-corrected chi connectivity index (χ4v) is 4.09. The lowest BCUT2D eigenvalue weighted by Gasteiger charge is -2.26. The first kappa shape index (κ1) is 20.2. The number of aromatic hydroxyl groups is 1. The molecule has 0 fully saturated rings. The SMILES string of the molecule is COc1ccc(C2C(C#N)=C(N)Oc3c2c(=O)oc2ccc(O)cc32)cc1-c1cccnc1. The number of phenols is 1. The van der Waals surface area contributed by atoms with Crippen LogP contribution in [-0.4, -0.2) is 17.2 Å². The van der Waals surface area contributed by atoms with Crippen molar-refractivity contribution in [3.05, 3.63) is 93.9 Å². The van der Waals surface area contributed by atoms with Crippen LogP contribution < -0.4 is 20.8 Å². The Hall–Kier alpha value is -4.77. The molecule has 33 heavy (non-hydrogen) atoms. The van der Waals surface area contributed by atoms with Crippen molar-refractivity contribution in [2.75, 3.05) is 7.11 Å². The minimum Gasteiger partial charge on any atom is -0.508 e. The molecule has 0 amide bonds. The first-order valence-electron chi connectivity index (χ1n) is 9.97. The van der Waals surface area contributed by atoms with Gasteiger partial charge in [-0.3, -0.25) is 4.98 Å². The van der Waals surface area contributed by atoms with Gasteiger partial charge in [-0.2, -0.15) is 5.26 Å². The fraction of sp³-hybridized carbons (Fsp3) is 0.0800. The molecule has 0 aliphatic carbocycles. The molecule has 2 aromatic carbocycles. The van der Waals surface area contributed by atoms with Crippen molar-refractivity contribution in [2.24, 2.45) is 5.73 Å². The van der Waals surface area contributed by atoms with Gasteiger partial charge in [-0.1, -0.05) is 12.1 Å². The van der Waals surface area contributed by atoms with Gasteiger partial charge < -0.3 is 24.7 Å². The number of hydrogen-bond donors (Lipinski definition) is 2. The van der Waals surface area contributed by atoms with Gasteiger partial charge in [0.2, 0.25) is 5.88 Å². The Bertz CT molecular complexity index is 1530. The third-order valence-corrected chi connectivity index (χ3v) is 5.58. The van der Waals surface area contributed by atoms with E-state index in [1.165, 1.54) is 18.2 Å². The van der Waals surface area contributed by atoms with E-state index >= 15 is 0 Å². The topological polar surface area (TPSA) is 132 Å². The Kier molecular flexibility index (Phi) is 4.72. The van der Waals surface area contributed by atoms with Crippen molar-refractivity contribution in [3.63, 3.8) is 0 Å². The van der Waals surface area contributed by atoms with Crippen LogP contribution in [0.5, 0.6) is 17.2 Å². The molecular formula is C25H17N3O5. The van der Waals surface area contributed by atoms with E-state index in [0.717, 1.165) is 11.1 Å². The van der Waals surface area contributed by atoms with Crippen LogP contribution in [0.2, 0.25) is 0 Å². The standard InChI is InChI=1S/C25H17N3O5/c1-31-19-6-4-13(9-16(19)14-3-2-8-28-12-14)21-18(11-26)24(27)33-23-17-10-15(29)5-7-20(17)32-25(30)22(21)23/h2-10,12,21,29H,27H2,1H3. The normalized spacial score (nSPS) is 15.0. The molecule has 3 N–H and O–H groups in total. The summed E-state index contributed by atoms with van der Waals surface area (Å²) in [6.07, 6.45) is 3.36. The van der Waals surface area contributed by atoms with Crippen LogP contribution in [0, 0.1) is 11.3 Å². The highest BCUT2D eigenvalue weighted by molar-refractivity contribution is 5.87. The van der Waals surface area contributed by atoms with Crippen LogP contribution in [0.15, 0.2) is 81.6 Å². The van der Waals surface area contributed by atoms with E-state index in [1.807, 2.05) is 12.1 Å². The maximum atomic E-state index is 13.1. The molecule has 162 valence electrons. The summed E-state index contributed by atoms with van der Waals surface area (Å²) in [6.45, 7) is 0. The van der Waals surface area contributed by atoms with Crippen molar-refractivity contribution < 1.29 is 19.0 Å². The van der Waals surface area contributed by atoms with E-state index in [9.17, 15) is 15.2 Å². The van der Waals surface area contributed by atoms with Crippen LogP contribution in [0.4, 0.5) is 0 Å². The number of aromatic nitrogens is 1. The number of allylic oxidation sites excluding steroid dienone is 1. The Morgan fingerprint density at radius 3 is 2.79 bits per heavy atom. The number of rotatable bonds is 3. The number of nitrogens with two attached hydrogens (primary N) is 1. The van der Waals surface area contributed by atoms with Gasteiger partial charge in [0, 0.05) is 23.5 Å². The van der Waals surface area contributed by atoms with Crippen molar-refractivity contribution in [2.45, 2.75) is 5.92 Å². The van der Waals surface area contributed by atoms with Crippen molar-refractivity contribution >= 4 is 11.0 Å². The Morgan fingerprint density at radius 1 is 1.21 bits per heavy atom. The van der Waals surface area contributed by atoms with E-state index < -0.39 is 11.5 Å². The monoisotopic (exact) mass is 439 g/mol. The molecule has 0 spiro atoms. The molecule has 4 aromatic rings. The number of benzene rings is 2. The molecule has 3 heterocycles. The molecule has 8 nitrogen and oxygen atoms in total. The number of methoxy groups -OCH3 is 1. The van der Waals surface area contributed by atoms with Crippen LogP contribution >= 0.6 is 0 Å². The average Bonchev–Trinajstić information content (AvgIpc) is 2.84. The molecule has 0 saturated carbocycles. The molecule has 1 unspecified atom stereocenters. The highest BCUT2D eigenvalue weighted by Crippen LogP contribution is 2.45. The molecular weight excluding hydrogens is 422 g/mol. The third-order valence-electron chi connectivity index (χ3n) is 5.58. The molecule has 0 bridgehead atoms. The number of pyridine rings is 1. The van der Waals surface area contributed by atoms with Crippen LogP contribution in [0.25, 0.3) is 22.1 Å². The van der Waals surface area contributed by atoms with Gasteiger partial charge >= 0.3 is 5.63 Å². The van der Waals surface area contributed by atoms with E-state index in [4.69, 9.17) is 19.6 Å². The van der Waals surface area contributed by atoms with Gasteiger partial charge in [-0.15, -0.1) is 0 Å². The summed E-state index contributed by atoms with van der Waals surface area (Å²) in [4.78, 5) is 17.2. The Labute approximate surface area is 187 Å². The third kappa shape index (κ3) is 3.23. The summed E-state index contributed by atoms with van der Waals surface area (Å²) in [5.41, 5.74) is 8.05. The lowest BCUT2D eigenvalue weighted by atomic mass is 9.82. The second-order valence-electron chi connectivity index (χ2n) is 7.44. The molecule has 2 aromatic heterocycles. The zero-order valence-electron chi connectivity index (χ0n) is 17.4.